The van der Waals surface area contributed by atoms with Crippen molar-refractivity contribution in [2.45, 2.75) is 13.3 Å². The van der Waals surface area contributed by atoms with Crippen molar-refractivity contribution in [1.82, 2.24) is 5.01 Å². The van der Waals surface area contributed by atoms with Gasteiger partial charge in [-0.1, -0.05) is 30.9 Å². The number of hydrogen-bond donors (Lipinski definition) is 0. The van der Waals surface area contributed by atoms with Crippen LogP contribution < -0.4 is 9.47 Å². The summed E-state index contributed by atoms with van der Waals surface area (Å²) in [5.74, 6) is 1.62. The summed E-state index contributed by atoms with van der Waals surface area (Å²) in [7, 11) is 1.60. The van der Waals surface area contributed by atoms with E-state index in [0.717, 1.165) is 21.3 Å². The summed E-state index contributed by atoms with van der Waals surface area (Å²) < 4.78 is 12.5. The van der Waals surface area contributed by atoms with E-state index in [4.69, 9.17) is 21.7 Å². The van der Waals surface area contributed by atoms with Crippen molar-refractivity contribution in [1.29, 1.82) is 0 Å². The van der Waals surface area contributed by atoms with Crippen LogP contribution in [0.5, 0.6) is 11.5 Å². The van der Waals surface area contributed by atoms with Gasteiger partial charge in [-0.25, -0.2) is 0 Å². The van der Waals surface area contributed by atoms with Crippen LogP contribution in [0.2, 0.25) is 0 Å². The van der Waals surface area contributed by atoms with Crippen molar-refractivity contribution in [3.63, 3.8) is 0 Å². The predicted molar refractivity (Wildman–Crippen MR) is 101 cm³/mol. The molecule has 0 bridgehead atoms. The van der Waals surface area contributed by atoms with Crippen LogP contribution in [-0.4, -0.2) is 40.9 Å². The number of methoxy groups -OCH3 is 1. The van der Waals surface area contributed by atoms with E-state index in [1.165, 1.54) is 16.8 Å². The first-order valence-electron chi connectivity index (χ1n) is 6.60. The second-order valence-corrected chi connectivity index (χ2v) is 7.16. The summed E-state index contributed by atoms with van der Waals surface area (Å²) in [6.45, 7) is 2.68. The van der Waals surface area contributed by atoms with Crippen LogP contribution in [0.3, 0.4) is 0 Å². The molecule has 0 aromatic heterocycles. The van der Waals surface area contributed by atoms with Crippen LogP contribution in [-0.2, 0) is 4.79 Å². The second kappa shape index (κ2) is 8.11. The third kappa shape index (κ3) is 4.11. The van der Waals surface area contributed by atoms with Gasteiger partial charge in [0.15, 0.2) is 15.8 Å². The van der Waals surface area contributed by atoms with Gasteiger partial charge in [-0.3, -0.25) is 4.79 Å². The molecule has 22 heavy (non-hydrogen) atoms. The van der Waals surface area contributed by atoms with Gasteiger partial charge in [-0.15, -0.1) is 0 Å². The van der Waals surface area contributed by atoms with Gasteiger partial charge < -0.3 is 9.47 Å². The molecule has 2 rings (SSSR count). The molecule has 0 unspecified atom stereocenters. The molecular formula is C14H15IN2O3S2. The van der Waals surface area contributed by atoms with Crippen LogP contribution in [0.4, 0.5) is 0 Å². The van der Waals surface area contributed by atoms with E-state index < -0.39 is 0 Å². The van der Waals surface area contributed by atoms with E-state index >= 15 is 0 Å². The highest BCUT2D eigenvalue weighted by atomic mass is 127. The molecule has 1 aliphatic heterocycles. The number of thioether (sulfide) groups is 1. The topological polar surface area (TPSA) is 51.1 Å². The minimum absolute atomic E-state index is 0.101. The molecule has 1 saturated heterocycles. The Hall–Kier alpha value is -0.870. The molecule has 5 nitrogen and oxygen atoms in total. The van der Waals surface area contributed by atoms with Crippen LogP contribution >= 0.6 is 46.6 Å². The number of amides is 1. The Balaban J connectivity index is 2.23. The molecule has 0 N–H and O–H groups in total. The highest BCUT2D eigenvalue weighted by Crippen LogP contribution is 2.33. The molecular weight excluding hydrogens is 435 g/mol. The van der Waals surface area contributed by atoms with E-state index in [2.05, 4.69) is 27.7 Å². The fourth-order valence-electron chi connectivity index (χ4n) is 1.74. The Bertz CT molecular complexity index is 606. The van der Waals surface area contributed by atoms with Crippen LogP contribution in [0.1, 0.15) is 18.9 Å². The third-order valence-electron chi connectivity index (χ3n) is 2.75. The normalized spacial score (nSPS) is 15.0. The number of benzene rings is 1. The predicted octanol–water partition coefficient (Wildman–Crippen LogP) is 3.28. The molecule has 8 heteroatoms. The molecule has 0 radical (unpaired) electrons. The van der Waals surface area contributed by atoms with Gasteiger partial charge in [0.2, 0.25) is 0 Å². The monoisotopic (exact) mass is 450 g/mol. The quantitative estimate of drug-likeness (QED) is 0.378. The zero-order valence-corrected chi connectivity index (χ0v) is 16.0. The number of rotatable bonds is 6. The zero-order valence-electron chi connectivity index (χ0n) is 12.2. The number of carbonyl (C=O) groups is 1. The first-order chi connectivity index (χ1) is 10.6. The molecule has 0 aliphatic carbocycles. The van der Waals surface area contributed by atoms with Crippen LogP contribution in [0.25, 0.3) is 0 Å². The molecule has 0 saturated carbocycles. The van der Waals surface area contributed by atoms with Crippen molar-refractivity contribution < 1.29 is 14.3 Å². The van der Waals surface area contributed by atoms with E-state index in [-0.39, 0.29) is 5.91 Å². The van der Waals surface area contributed by atoms with E-state index in [0.29, 0.717) is 22.4 Å². The SMILES string of the molecule is CCCOc1c(I)cc(/C=N\N2C(=O)CSC2=S)cc1OC. The zero-order chi connectivity index (χ0) is 16.1. The average molecular weight is 450 g/mol. The number of hydrazone groups is 1. The lowest BCUT2D eigenvalue weighted by Crippen LogP contribution is -2.22. The largest absolute Gasteiger partial charge is 0.493 e. The van der Waals surface area contributed by atoms with Crippen molar-refractivity contribution in [2.75, 3.05) is 19.5 Å². The van der Waals surface area contributed by atoms with Gasteiger partial charge in [-0.05, 0) is 46.7 Å². The fourth-order valence-corrected chi connectivity index (χ4v) is 3.49. The molecule has 118 valence electrons. The average Bonchev–Trinajstić information content (AvgIpc) is 2.82. The molecule has 0 spiro atoms. The summed E-state index contributed by atoms with van der Waals surface area (Å²) in [5.41, 5.74) is 0.817. The summed E-state index contributed by atoms with van der Waals surface area (Å²) in [4.78, 5) is 11.6. The lowest BCUT2D eigenvalue weighted by atomic mass is 10.2. The minimum atomic E-state index is -0.101. The smallest absolute Gasteiger partial charge is 0.259 e. The number of carbonyl (C=O) groups excluding carboxylic acids is 1. The van der Waals surface area contributed by atoms with Gasteiger partial charge in [0.05, 0.1) is 29.3 Å². The molecule has 1 aromatic rings. The highest BCUT2D eigenvalue weighted by molar-refractivity contribution is 14.1. The molecule has 1 amide bonds. The molecule has 1 aliphatic rings. The number of hydrogen-bond acceptors (Lipinski definition) is 6. The molecule has 0 atom stereocenters. The Morgan fingerprint density at radius 2 is 2.32 bits per heavy atom. The summed E-state index contributed by atoms with van der Waals surface area (Å²) in [6, 6.07) is 3.75. The summed E-state index contributed by atoms with van der Waals surface area (Å²) >= 11 is 8.60. The number of ether oxygens (including phenoxy) is 2. The summed E-state index contributed by atoms with van der Waals surface area (Å²) in [6.07, 6.45) is 2.53. The van der Waals surface area contributed by atoms with Gasteiger partial charge >= 0.3 is 0 Å². The van der Waals surface area contributed by atoms with Crippen molar-refractivity contribution in [3.8, 4) is 11.5 Å². The molecule has 1 heterocycles. The number of nitrogens with zero attached hydrogens (tertiary/aromatic N) is 2. The lowest BCUT2D eigenvalue weighted by Gasteiger charge is -2.13. The molecule has 1 aromatic carbocycles. The van der Waals surface area contributed by atoms with Gasteiger partial charge in [0, 0.05) is 0 Å². The minimum Gasteiger partial charge on any atom is -0.493 e. The molecule has 1 fully saturated rings. The third-order valence-corrected chi connectivity index (χ3v) is 4.89. The Morgan fingerprint density at radius 1 is 1.55 bits per heavy atom. The Morgan fingerprint density at radius 3 is 2.91 bits per heavy atom. The standard InChI is InChI=1S/C14H15IN2O3S2/c1-3-4-20-13-10(15)5-9(6-11(13)19-2)7-16-17-12(18)8-22-14(17)21/h5-7H,3-4,8H2,1-2H3/b16-7-. The van der Waals surface area contributed by atoms with Crippen LogP contribution in [0.15, 0.2) is 17.2 Å². The van der Waals surface area contributed by atoms with E-state index in [1.54, 1.807) is 13.3 Å². The Labute approximate surface area is 152 Å². The first-order valence-corrected chi connectivity index (χ1v) is 9.08. The second-order valence-electron chi connectivity index (χ2n) is 4.39. The maximum absolute atomic E-state index is 11.6. The Kier molecular flexibility index (Phi) is 6.45. The maximum atomic E-state index is 11.6. The van der Waals surface area contributed by atoms with Crippen molar-refractivity contribution in [3.05, 3.63) is 21.3 Å². The summed E-state index contributed by atoms with van der Waals surface area (Å²) in [5, 5.41) is 5.41. The maximum Gasteiger partial charge on any atom is 0.259 e. The van der Waals surface area contributed by atoms with Crippen LogP contribution in [0, 0.1) is 3.57 Å². The fraction of sp³-hybridized carbons (Fsp3) is 0.357. The highest BCUT2D eigenvalue weighted by Gasteiger charge is 2.26. The van der Waals surface area contributed by atoms with Gasteiger partial charge in [0.1, 0.15) is 0 Å². The number of thiocarbonyl (C=S) groups is 1. The van der Waals surface area contributed by atoms with Crippen molar-refractivity contribution in [2.24, 2.45) is 5.10 Å². The first kappa shape index (κ1) is 17.5. The lowest BCUT2D eigenvalue weighted by molar-refractivity contribution is -0.123. The van der Waals surface area contributed by atoms with E-state index in [9.17, 15) is 4.79 Å². The van der Waals surface area contributed by atoms with Gasteiger partial charge in [0.25, 0.3) is 5.91 Å². The van der Waals surface area contributed by atoms with Crippen molar-refractivity contribution >= 4 is 63.0 Å². The van der Waals surface area contributed by atoms with E-state index in [1.807, 2.05) is 19.1 Å². The van der Waals surface area contributed by atoms with Gasteiger partial charge in [-0.2, -0.15) is 10.1 Å². The number of halogens is 1.